The first-order chi connectivity index (χ1) is 9.17. The minimum absolute atomic E-state index is 0.444. The molecule has 1 aliphatic rings. The van der Waals surface area contributed by atoms with Gasteiger partial charge in [0, 0.05) is 16.8 Å². The minimum Gasteiger partial charge on any atom is -0.496 e. The van der Waals surface area contributed by atoms with Crippen LogP contribution in [0.25, 0.3) is 0 Å². The molecule has 1 aliphatic heterocycles. The summed E-state index contributed by atoms with van der Waals surface area (Å²) in [6.45, 7) is 0. The summed E-state index contributed by atoms with van der Waals surface area (Å²) in [6.07, 6.45) is 0. The van der Waals surface area contributed by atoms with E-state index in [4.69, 9.17) is 4.74 Å². The van der Waals surface area contributed by atoms with Crippen molar-refractivity contribution in [1.82, 2.24) is 0 Å². The molecule has 1 heterocycles. The second kappa shape index (κ2) is 4.10. The van der Waals surface area contributed by atoms with Crippen LogP contribution in [0.4, 0.5) is 5.69 Å². The molecule has 0 radical (unpaired) electrons. The third-order valence-electron chi connectivity index (χ3n) is 3.39. The zero-order chi connectivity index (χ0) is 13.5. The van der Waals surface area contributed by atoms with E-state index in [1.807, 2.05) is 6.07 Å². The number of benzene rings is 2. The van der Waals surface area contributed by atoms with E-state index < -0.39 is 11.5 Å². The molecule has 0 saturated carbocycles. The summed E-state index contributed by atoms with van der Waals surface area (Å²) >= 11 is 0. The second-order valence-corrected chi connectivity index (χ2v) is 4.41. The Morgan fingerprint density at radius 3 is 2.42 bits per heavy atom. The molecule has 4 nitrogen and oxygen atoms in total. The molecular weight excluding hydrogens is 242 g/mol. The smallest absolute Gasteiger partial charge is 0.266 e. The average molecular weight is 255 g/mol. The van der Waals surface area contributed by atoms with Crippen LogP contribution < -0.4 is 10.1 Å². The largest absolute Gasteiger partial charge is 0.496 e. The lowest BCUT2D eigenvalue weighted by atomic mass is 9.87. The Hall–Kier alpha value is -2.33. The molecule has 4 heteroatoms. The lowest BCUT2D eigenvalue weighted by Gasteiger charge is -2.23. The molecule has 1 atom stereocenters. The summed E-state index contributed by atoms with van der Waals surface area (Å²) in [4.78, 5) is 12.2. The molecule has 0 aliphatic carbocycles. The highest BCUT2D eigenvalue weighted by atomic mass is 16.5. The summed E-state index contributed by atoms with van der Waals surface area (Å²) in [6, 6.07) is 14.1. The minimum atomic E-state index is -1.71. The van der Waals surface area contributed by atoms with Gasteiger partial charge in [0.1, 0.15) is 5.75 Å². The SMILES string of the molecule is COc1ccccc1C1(O)C(=O)Nc2ccccc21. The van der Waals surface area contributed by atoms with E-state index in [0.717, 1.165) is 0 Å². The lowest BCUT2D eigenvalue weighted by molar-refractivity contribution is -0.129. The van der Waals surface area contributed by atoms with Crippen molar-refractivity contribution in [3.8, 4) is 5.75 Å². The van der Waals surface area contributed by atoms with Crippen molar-refractivity contribution in [1.29, 1.82) is 0 Å². The lowest BCUT2D eigenvalue weighted by Crippen LogP contribution is -2.35. The maximum atomic E-state index is 12.2. The van der Waals surface area contributed by atoms with Gasteiger partial charge in [-0.2, -0.15) is 0 Å². The molecule has 0 fully saturated rings. The number of ether oxygens (including phenoxy) is 1. The van der Waals surface area contributed by atoms with Gasteiger partial charge in [0.25, 0.3) is 5.91 Å². The highest BCUT2D eigenvalue weighted by Gasteiger charge is 2.48. The maximum absolute atomic E-state index is 12.2. The van der Waals surface area contributed by atoms with Crippen molar-refractivity contribution in [2.45, 2.75) is 5.60 Å². The van der Waals surface area contributed by atoms with E-state index in [1.165, 1.54) is 7.11 Å². The van der Waals surface area contributed by atoms with Crippen LogP contribution >= 0.6 is 0 Å². The molecular formula is C15H13NO3. The predicted molar refractivity (Wildman–Crippen MR) is 71.1 cm³/mol. The number of methoxy groups -OCH3 is 1. The fraction of sp³-hybridized carbons (Fsp3) is 0.133. The number of aliphatic hydroxyl groups is 1. The Kier molecular flexibility index (Phi) is 2.54. The number of carbonyl (C=O) groups is 1. The van der Waals surface area contributed by atoms with E-state index >= 15 is 0 Å². The predicted octanol–water partition coefficient (Wildman–Crippen LogP) is 1.88. The highest BCUT2D eigenvalue weighted by molar-refractivity contribution is 6.07. The van der Waals surface area contributed by atoms with Crippen molar-refractivity contribution in [2.24, 2.45) is 0 Å². The Bertz CT molecular complexity index is 653. The number of nitrogens with one attached hydrogen (secondary N) is 1. The van der Waals surface area contributed by atoms with Crippen molar-refractivity contribution in [3.05, 3.63) is 59.7 Å². The number of amides is 1. The van der Waals surface area contributed by atoms with Crippen LogP contribution in [-0.2, 0) is 10.4 Å². The Morgan fingerprint density at radius 1 is 1.05 bits per heavy atom. The number of fused-ring (bicyclic) bond motifs is 1. The number of rotatable bonds is 2. The summed E-state index contributed by atoms with van der Waals surface area (Å²) in [5, 5.41) is 13.6. The number of para-hydroxylation sites is 2. The van der Waals surface area contributed by atoms with Crippen LogP contribution in [0, 0.1) is 0 Å². The molecule has 0 saturated heterocycles. The van der Waals surface area contributed by atoms with Gasteiger partial charge in [-0.15, -0.1) is 0 Å². The monoisotopic (exact) mass is 255 g/mol. The quantitative estimate of drug-likeness (QED) is 0.861. The fourth-order valence-electron chi connectivity index (χ4n) is 2.45. The van der Waals surface area contributed by atoms with E-state index in [1.54, 1.807) is 42.5 Å². The van der Waals surface area contributed by atoms with Gasteiger partial charge in [-0.1, -0.05) is 36.4 Å². The van der Waals surface area contributed by atoms with Crippen LogP contribution in [-0.4, -0.2) is 18.1 Å². The zero-order valence-corrected chi connectivity index (χ0v) is 10.4. The van der Waals surface area contributed by atoms with Gasteiger partial charge >= 0.3 is 0 Å². The summed E-state index contributed by atoms with van der Waals surface area (Å²) in [7, 11) is 1.51. The summed E-state index contributed by atoms with van der Waals surface area (Å²) in [5.74, 6) is 0.0232. The first kappa shape index (κ1) is 11.7. The van der Waals surface area contributed by atoms with Crippen molar-refractivity contribution >= 4 is 11.6 Å². The second-order valence-electron chi connectivity index (χ2n) is 4.41. The highest BCUT2D eigenvalue weighted by Crippen LogP contribution is 2.43. The van der Waals surface area contributed by atoms with Crippen LogP contribution in [0.15, 0.2) is 48.5 Å². The summed E-state index contributed by atoms with van der Waals surface area (Å²) in [5.41, 5.74) is -0.0891. The molecule has 96 valence electrons. The van der Waals surface area contributed by atoms with Gasteiger partial charge in [0.05, 0.1) is 7.11 Å². The molecule has 3 rings (SSSR count). The van der Waals surface area contributed by atoms with E-state index in [2.05, 4.69) is 5.32 Å². The van der Waals surface area contributed by atoms with Gasteiger partial charge in [0.15, 0.2) is 5.60 Å². The first-order valence-electron chi connectivity index (χ1n) is 5.94. The molecule has 1 amide bonds. The van der Waals surface area contributed by atoms with Gasteiger partial charge in [-0.3, -0.25) is 4.79 Å². The standard InChI is InChI=1S/C15H13NO3/c1-19-13-9-5-3-7-11(13)15(18)10-6-2-4-8-12(10)16-14(15)17/h2-9,18H,1H3,(H,16,17). The molecule has 1 unspecified atom stereocenters. The molecule has 0 spiro atoms. The van der Waals surface area contributed by atoms with Crippen LogP contribution in [0.2, 0.25) is 0 Å². The third-order valence-corrected chi connectivity index (χ3v) is 3.39. The Morgan fingerprint density at radius 2 is 1.68 bits per heavy atom. The molecule has 0 bridgehead atoms. The number of anilines is 1. The van der Waals surface area contributed by atoms with Crippen molar-refractivity contribution < 1.29 is 14.6 Å². The Labute approximate surface area is 110 Å². The maximum Gasteiger partial charge on any atom is 0.266 e. The number of hydrogen-bond donors (Lipinski definition) is 2. The molecule has 2 N–H and O–H groups in total. The number of carbonyl (C=O) groups excluding carboxylic acids is 1. The molecule has 19 heavy (non-hydrogen) atoms. The topological polar surface area (TPSA) is 58.6 Å². The van der Waals surface area contributed by atoms with E-state index in [-0.39, 0.29) is 0 Å². The first-order valence-corrected chi connectivity index (χ1v) is 5.94. The fourth-order valence-corrected chi connectivity index (χ4v) is 2.45. The normalized spacial score (nSPS) is 20.8. The molecule has 2 aromatic carbocycles. The van der Waals surface area contributed by atoms with E-state index in [9.17, 15) is 9.90 Å². The van der Waals surface area contributed by atoms with Crippen molar-refractivity contribution in [3.63, 3.8) is 0 Å². The van der Waals surface area contributed by atoms with Crippen LogP contribution in [0.5, 0.6) is 5.75 Å². The molecule has 2 aromatic rings. The average Bonchev–Trinajstić information content (AvgIpc) is 2.72. The van der Waals surface area contributed by atoms with Gasteiger partial charge in [0.2, 0.25) is 0 Å². The van der Waals surface area contributed by atoms with Gasteiger partial charge < -0.3 is 15.2 Å². The van der Waals surface area contributed by atoms with Gasteiger partial charge in [-0.25, -0.2) is 0 Å². The summed E-state index contributed by atoms with van der Waals surface area (Å²) < 4.78 is 5.25. The van der Waals surface area contributed by atoms with Gasteiger partial charge in [-0.05, 0) is 12.1 Å². The van der Waals surface area contributed by atoms with Crippen LogP contribution in [0.1, 0.15) is 11.1 Å². The van der Waals surface area contributed by atoms with Crippen molar-refractivity contribution in [2.75, 3.05) is 12.4 Å². The number of hydrogen-bond acceptors (Lipinski definition) is 3. The zero-order valence-electron chi connectivity index (χ0n) is 10.4. The third kappa shape index (κ3) is 1.54. The Balaban J connectivity index is 2.26. The molecule has 0 aromatic heterocycles. The van der Waals surface area contributed by atoms with E-state index in [0.29, 0.717) is 22.6 Å². The van der Waals surface area contributed by atoms with Crippen LogP contribution in [0.3, 0.4) is 0 Å².